The summed E-state index contributed by atoms with van der Waals surface area (Å²) in [5.74, 6) is 0.0107. The van der Waals surface area contributed by atoms with Gasteiger partial charge in [-0.1, -0.05) is 6.92 Å². The molecular formula is C15H20N2O4S. The monoisotopic (exact) mass is 324 g/mol. The summed E-state index contributed by atoms with van der Waals surface area (Å²) in [6, 6.07) is 7.10. The molecule has 22 heavy (non-hydrogen) atoms. The number of amides is 1. The van der Waals surface area contributed by atoms with Gasteiger partial charge in [0.25, 0.3) is 0 Å². The Morgan fingerprint density at radius 2 is 1.86 bits per heavy atom. The van der Waals surface area contributed by atoms with Crippen LogP contribution < -0.4 is 15.4 Å². The van der Waals surface area contributed by atoms with Crippen LogP contribution in [0, 0.1) is 0 Å². The topological polar surface area (TPSA) is 76.7 Å². The Morgan fingerprint density at radius 3 is 2.45 bits per heavy atom. The molecule has 0 aromatic heterocycles. The number of benzene rings is 1. The number of carbonyl (C=O) groups excluding carboxylic acids is 2. The SMILES string of the molecule is CCCOC(=O)CCC(=O)NC(=S)Nc1ccc(OC)cc1. The quantitative estimate of drug-likeness (QED) is 0.592. The molecule has 0 radical (unpaired) electrons. The van der Waals surface area contributed by atoms with Crippen LogP contribution in [0.4, 0.5) is 5.69 Å². The molecule has 0 heterocycles. The van der Waals surface area contributed by atoms with Crippen LogP contribution >= 0.6 is 12.2 Å². The van der Waals surface area contributed by atoms with Crippen molar-refractivity contribution in [2.45, 2.75) is 26.2 Å². The van der Waals surface area contributed by atoms with E-state index < -0.39 is 0 Å². The number of thiocarbonyl (C=S) groups is 1. The normalized spacial score (nSPS) is 9.73. The van der Waals surface area contributed by atoms with E-state index in [4.69, 9.17) is 21.7 Å². The number of anilines is 1. The molecule has 0 unspecified atom stereocenters. The van der Waals surface area contributed by atoms with Gasteiger partial charge in [0, 0.05) is 12.1 Å². The first kappa shape index (κ1) is 17.9. The van der Waals surface area contributed by atoms with E-state index in [1.807, 2.05) is 6.92 Å². The van der Waals surface area contributed by atoms with E-state index in [-0.39, 0.29) is 29.8 Å². The van der Waals surface area contributed by atoms with Gasteiger partial charge in [0.1, 0.15) is 5.75 Å². The zero-order chi connectivity index (χ0) is 16.4. The van der Waals surface area contributed by atoms with Crippen molar-refractivity contribution >= 4 is 34.9 Å². The van der Waals surface area contributed by atoms with Crippen molar-refractivity contribution < 1.29 is 19.1 Å². The average Bonchev–Trinajstić information content (AvgIpc) is 2.51. The first-order valence-electron chi connectivity index (χ1n) is 6.95. The van der Waals surface area contributed by atoms with Crippen LogP contribution in [0.3, 0.4) is 0 Å². The molecule has 1 aromatic carbocycles. The summed E-state index contributed by atoms with van der Waals surface area (Å²) < 4.78 is 9.93. The number of methoxy groups -OCH3 is 1. The molecule has 0 bridgehead atoms. The zero-order valence-corrected chi connectivity index (χ0v) is 13.5. The molecule has 0 aliphatic carbocycles. The Bertz CT molecular complexity index is 517. The van der Waals surface area contributed by atoms with Crippen LogP contribution in [0.5, 0.6) is 5.75 Å². The number of rotatable bonds is 7. The summed E-state index contributed by atoms with van der Waals surface area (Å²) in [5.41, 5.74) is 0.730. The average molecular weight is 324 g/mol. The Labute approximate surface area is 135 Å². The molecule has 0 saturated carbocycles. The number of hydrogen-bond donors (Lipinski definition) is 2. The maximum absolute atomic E-state index is 11.7. The minimum atomic E-state index is -0.383. The van der Waals surface area contributed by atoms with Crippen molar-refractivity contribution in [1.82, 2.24) is 5.32 Å². The standard InChI is InChI=1S/C15H20N2O4S/c1-3-10-21-14(19)9-8-13(18)17-15(22)16-11-4-6-12(20-2)7-5-11/h4-7H,3,8-10H2,1-2H3,(H2,16,17,18,22). The maximum atomic E-state index is 11.7. The number of hydrogen-bond acceptors (Lipinski definition) is 5. The summed E-state index contributed by atoms with van der Waals surface area (Å²) in [7, 11) is 1.58. The van der Waals surface area contributed by atoms with E-state index in [0.29, 0.717) is 6.61 Å². The smallest absolute Gasteiger partial charge is 0.306 e. The van der Waals surface area contributed by atoms with Crippen LogP contribution in [0.25, 0.3) is 0 Å². The minimum Gasteiger partial charge on any atom is -0.497 e. The second kappa shape index (κ2) is 9.73. The Kier molecular flexibility index (Phi) is 7.91. The third kappa shape index (κ3) is 7.03. The lowest BCUT2D eigenvalue weighted by Gasteiger charge is -2.10. The van der Waals surface area contributed by atoms with Crippen molar-refractivity contribution in [2.24, 2.45) is 0 Å². The van der Waals surface area contributed by atoms with E-state index >= 15 is 0 Å². The van der Waals surface area contributed by atoms with Gasteiger partial charge < -0.3 is 20.1 Å². The van der Waals surface area contributed by atoms with Crippen molar-refractivity contribution in [2.75, 3.05) is 19.0 Å². The largest absolute Gasteiger partial charge is 0.497 e. The van der Waals surface area contributed by atoms with Gasteiger partial charge >= 0.3 is 5.97 Å². The third-order valence-electron chi connectivity index (χ3n) is 2.62. The highest BCUT2D eigenvalue weighted by Gasteiger charge is 2.09. The van der Waals surface area contributed by atoms with Crippen molar-refractivity contribution in [1.29, 1.82) is 0 Å². The fourth-order valence-corrected chi connectivity index (χ4v) is 1.76. The summed E-state index contributed by atoms with van der Waals surface area (Å²) in [6.07, 6.45) is 0.831. The molecule has 1 aromatic rings. The number of nitrogens with one attached hydrogen (secondary N) is 2. The summed E-state index contributed by atoms with van der Waals surface area (Å²) in [5, 5.41) is 5.56. The van der Waals surface area contributed by atoms with Gasteiger partial charge in [-0.3, -0.25) is 9.59 Å². The molecule has 0 saturated heterocycles. The summed E-state index contributed by atoms with van der Waals surface area (Å²) >= 11 is 5.03. The molecule has 0 atom stereocenters. The number of esters is 1. The second-order valence-electron chi connectivity index (χ2n) is 4.45. The Hall–Kier alpha value is -2.15. The fraction of sp³-hybridized carbons (Fsp3) is 0.400. The van der Waals surface area contributed by atoms with Gasteiger partial charge in [-0.2, -0.15) is 0 Å². The minimum absolute atomic E-state index is 0.0347. The molecule has 1 rings (SSSR count). The van der Waals surface area contributed by atoms with Gasteiger partial charge in [0.15, 0.2) is 5.11 Å². The van der Waals surface area contributed by atoms with Crippen LogP contribution in [0.15, 0.2) is 24.3 Å². The maximum Gasteiger partial charge on any atom is 0.306 e. The summed E-state index contributed by atoms with van der Waals surface area (Å²) in [4.78, 5) is 22.9. The van der Waals surface area contributed by atoms with Gasteiger partial charge in [0.2, 0.25) is 5.91 Å². The summed E-state index contributed by atoms with van der Waals surface area (Å²) in [6.45, 7) is 2.28. The fourth-order valence-electron chi connectivity index (χ4n) is 1.53. The van der Waals surface area contributed by atoms with E-state index in [1.54, 1.807) is 31.4 Å². The van der Waals surface area contributed by atoms with Gasteiger partial charge in [-0.15, -0.1) is 0 Å². The zero-order valence-electron chi connectivity index (χ0n) is 12.7. The lowest BCUT2D eigenvalue weighted by Crippen LogP contribution is -2.34. The lowest BCUT2D eigenvalue weighted by atomic mass is 10.3. The van der Waals surface area contributed by atoms with E-state index in [1.165, 1.54) is 0 Å². The van der Waals surface area contributed by atoms with Gasteiger partial charge in [-0.05, 0) is 42.9 Å². The molecule has 0 fully saturated rings. The first-order valence-corrected chi connectivity index (χ1v) is 7.36. The van der Waals surface area contributed by atoms with Crippen LogP contribution in [0.2, 0.25) is 0 Å². The molecule has 120 valence electrons. The molecule has 6 nitrogen and oxygen atoms in total. The Balaban J connectivity index is 2.31. The first-order chi connectivity index (χ1) is 10.5. The lowest BCUT2D eigenvalue weighted by molar-refractivity contribution is -0.144. The van der Waals surface area contributed by atoms with Crippen molar-refractivity contribution in [3.8, 4) is 5.75 Å². The highest BCUT2D eigenvalue weighted by molar-refractivity contribution is 7.80. The van der Waals surface area contributed by atoms with Gasteiger partial charge in [-0.25, -0.2) is 0 Å². The molecular weight excluding hydrogens is 304 g/mol. The molecule has 7 heteroatoms. The predicted molar refractivity (Wildman–Crippen MR) is 87.8 cm³/mol. The predicted octanol–water partition coefficient (Wildman–Crippen LogP) is 2.24. The molecule has 0 spiro atoms. The van der Waals surface area contributed by atoms with E-state index in [0.717, 1.165) is 17.9 Å². The van der Waals surface area contributed by atoms with Crippen LogP contribution in [-0.2, 0) is 14.3 Å². The van der Waals surface area contributed by atoms with Crippen molar-refractivity contribution in [3.63, 3.8) is 0 Å². The van der Waals surface area contributed by atoms with Gasteiger partial charge in [0.05, 0.1) is 20.1 Å². The number of ether oxygens (including phenoxy) is 2. The highest BCUT2D eigenvalue weighted by Crippen LogP contribution is 2.14. The van der Waals surface area contributed by atoms with Crippen molar-refractivity contribution in [3.05, 3.63) is 24.3 Å². The highest BCUT2D eigenvalue weighted by atomic mass is 32.1. The molecule has 0 aliphatic heterocycles. The van der Waals surface area contributed by atoms with Crippen LogP contribution in [0.1, 0.15) is 26.2 Å². The molecule has 0 aliphatic rings. The number of carbonyl (C=O) groups is 2. The van der Waals surface area contributed by atoms with Crippen LogP contribution in [-0.4, -0.2) is 30.7 Å². The second-order valence-corrected chi connectivity index (χ2v) is 4.86. The van der Waals surface area contributed by atoms with E-state index in [9.17, 15) is 9.59 Å². The van der Waals surface area contributed by atoms with E-state index in [2.05, 4.69) is 10.6 Å². The molecule has 2 N–H and O–H groups in total. The Morgan fingerprint density at radius 1 is 1.18 bits per heavy atom. The third-order valence-corrected chi connectivity index (χ3v) is 2.83. The molecule has 1 amide bonds.